The van der Waals surface area contributed by atoms with Gasteiger partial charge in [0.2, 0.25) is 21.8 Å². The second kappa shape index (κ2) is 15.1. The molecule has 0 saturated heterocycles. The van der Waals surface area contributed by atoms with Crippen LogP contribution in [0.3, 0.4) is 0 Å². The van der Waals surface area contributed by atoms with Crippen LogP contribution in [0.5, 0.6) is 0 Å². The molecule has 1 aliphatic carbocycles. The van der Waals surface area contributed by atoms with E-state index < -0.39 is 16.1 Å². The molecule has 1 N–H and O–H groups in total. The minimum atomic E-state index is -3.57. The molecule has 0 heterocycles. The van der Waals surface area contributed by atoms with E-state index in [0.717, 1.165) is 48.6 Å². The summed E-state index contributed by atoms with van der Waals surface area (Å²) >= 11 is 12.5. The van der Waals surface area contributed by atoms with Crippen molar-refractivity contribution < 1.29 is 18.0 Å². The zero-order valence-electron chi connectivity index (χ0n) is 24.6. The van der Waals surface area contributed by atoms with Crippen molar-refractivity contribution in [1.82, 2.24) is 10.2 Å². The monoisotopic (exact) mass is 643 g/mol. The topological polar surface area (TPSA) is 86.8 Å². The fourth-order valence-corrected chi connectivity index (χ4v) is 6.76. The van der Waals surface area contributed by atoms with E-state index in [4.69, 9.17) is 23.2 Å². The molecular formula is C33H39Cl2N3O4S. The van der Waals surface area contributed by atoms with E-state index in [9.17, 15) is 18.0 Å². The van der Waals surface area contributed by atoms with Crippen LogP contribution in [-0.2, 0) is 32.6 Å². The maximum atomic E-state index is 14.0. The molecule has 3 aromatic rings. The Kier molecular flexibility index (Phi) is 11.5. The highest BCUT2D eigenvalue weighted by atomic mass is 35.5. The molecule has 1 fully saturated rings. The number of aryl methyl sites for hydroxylation is 1. The number of nitrogens with one attached hydrogen (secondary N) is 1. The summed E-state index contributed by atoms with van der Waals surface area (Å²) in [4.78, 5) is 29.5. The molecule has 230 valence electrons. The van der Waals surface area contributed by atoms with Gasteiger partial charge in [0.15, 0.2) is 0 Å². The number of anilines is 1. The lowest BCUT2D eigenvalue weighted by Gasteiger charge is -2.33. The smallest absolute Gasteiger partial charge is 0.243 e. The number of nitrogens with zero attached hydrogens (tertiary/aromatic N) is 2. The number of sulfonamides is 1. The molecular weight excluding hydrogens is 605 g/mol. The number of hydrogen-bond donors (Lipinski definition) is 1. The van der Waals surface area contributed by atoms with E-state index in [1.165, 1.54) is 4.31 Å². The molecule has 1 unspecified atom stereocenters. The van der Waals surface area contributed by atoms with Crippen LogP contribution in [0.2, 0.25) is 10.0 Å². The number of amides is 2. The first kappa shape index (κ1) is 32.8. The standard InChI is InChI=1S/C33H39Cl2N3O4S/c1-24-14-17-28(18-15-24)38(43(2,41)42)20-8-13-32(39)37(23-26-16-19-29(34)30(35)21-26)31(22-25-9-4-3-5-10-25)33(40)36-27-11-6-7-12-27/h3-5,9-10,14-19,21,27,31H,6-8,11-13,20,22-23H2,1-2H3,(H,36,40). The SMILES string of the molecule is Cc1ccc(N(CCCC(=O)N(Cc2ccc(Cl)c(Cl)c2)C(Cc2ccccc2)C(=O)NC2CCCC2)S(C)(=O)=O)cc1. The van der Waals surface area contributed by atoms with Gasteiger partial charge in [-0.15, -0.1) is 0 Å². The highest BCUT2D eigenvalue weighted by Crippen LogP contribution is 2.26. The third-order valence-corrected chi connectivity index (χ3v) is 9.72. The first-order chi connectivity index (χ1) is 20.5. The molecule has 2 amide bonds. The fourth-order valence-electron chi connectivity index (χ4n) is 5.47. The molecule has 10 heteroatoms. The van der Waals surface area contributed by atoms with Crippen molar-refractivity contribution in [1.29, 1.82) is 0 Å². The molecule has 3 aromatic carbocycles. The van der Waals surface area contributed by atoms with Crippen LogP contribution in [0.4, 0.5) is 5.69 Å². The Hall–Kier alpha value is -3.07. The summed E-state index contributed by atoms with van der Waals surface area (Å²) in [6.07, 6.45) is 5.81. The number of hydrogen-bond acceptors (Lipinski definition) is 4. The van der Waals surface area contributed by atoms with Crippen molar-refractivity contribution in [3.63, 3.8) is 0 Å². The van der Waals surface area contributed by atoms with Crippen molar-refractivity contribution in [3.05, 3.63) is 99.5 Å². The molecule has 0 aliphatic heterocycles. The summed E-state index contributed by atoms with van der Waals surface area (Å²) in [7, 11) is -3.57. The zero-order valence-corrected chi connectivity index (χ0v) is 27.0. The van der Waals surface area contributed by atoms with Crippen molar-refractivity contribution in [2.45, 2.75) is 70.5 Å². The Morgan fingerprint density at radius 2 is 1.60 bits per heavy atom. The average molecular weight is 645 g/mol. The number of rotatable bonds is 13. The molecule has 0 radical (unpaired) electrons. The minimum absolute atomic E-state index is 0.0567. The maximum Gasteiger partial charge on any atom is 0.243 e. The Morgan fingerprint density at radius 1 is 0.930 bits per heavy atom. The quantitative estimate of drug-likeness (QED) is 0.229. The van der Waals surface area contributed by atoms with Crippen molar-refractivity contribution in [2.75, 3.05) is 17.1 Å². The van der Waals surface area contributed by atoms with Gasteiger partial charge in [0, 0.05) is 32.0 Å². The second-order valence-electron chi connectivity index (χ2n) is 11.2. The molecule has 1 aliphatic rings. The van der Waals surface area contributed by atoms with E-state index in [0.29, 0.717) is 22.2 Å². The molecule has 0 bridgehead atoms. The summed E-state index contributed by atoms with van der Waals surface area (Å²) < 4.78 is 26.6. The first-order valence-electron chi connectivity index (χ1n) is 14.6. The summed E-state index contributed by atoms with van der Waals surface area (Å²) in [6, 6.07) is 21.4. The highest BCUT2D eigenvalue weighted by Gasteiger charge is 2.32. The Morgan fingerprint density at radius 3 is 2.23 bits per heavy atom. The normalized spacial score (nSPS) is 14.3. The summed E-state index contributed by atoms with van der Waals surface area (Å²) in [6.45, 7) is 2.22. The largest absolute Gasteiger partial charge is 0.352 e. The molecule has 1 atom stereocenters. The van der Waals surface area contributed by atoms with Gasteiger partial charge in [-0.3, -0.25) is 13.9 Å². The van der Waals surface area contributed by atoms with E-state index in [2.05, 4.69) is 5.32 Å². The molecule has 0 aromatic heterocycles. The van der Waals surface area contributed by atoms with Crippen LogP contribution in [0.15, 0.2) is 72.8 Å². The maximum absolute atomic E-state index is 14.0. The number of carbonyl (C=O) groups is 2. The van der Waals surface area contributed by atoms with E-state index >= 15 is 0 Å². The van der Waals surface area contributed by atoms with Crippen LogP contribution >= 0.6 is 23.2 Å². The molecule has 7 nitrogen and oxygen atoms in total. The van der Waals surface area contributed by atoms with Gasteiger partial charge in [-0.1, -0.05) is 90.1 Å². The Balaban J connectivity index is 1.60. The lowest BCUT2D eigenvalue weighted by atomic mass is 10.0. The molecule has 4 rings (SSSR count). The first-order valence-corrected chi connectivity index (χ1v) is 17.2. The average Bonchev–Trinajstić information content (AvgIpc) is 3.48. The lowest BCUT2D eigenvalue weighted by molar-refractivity contribution is -0.141. The second-order valence-corrected chi connectivity index (χ2v) is 14.0. The molecule has 1 saturated carbocycles. The van der Waals surface area contributed by atoms with Gasteiger partial charge >= 0.3 is 0 Å². The van der Waals surface area contributed by atoms with Gasteiger partial charge in [0.25, 0.3) is 0 Å². The molecule has 0 spiro atoms. The summed E-state index contributed by atoms with van der Waals surface area (Å²) in [5, 5.41) is 3.96. The third-order valence-electron chi connectivity index (χ3n) is 7.78. The van der Waals surface area contributed by atoms with Gasteiger partial charge in [-0.05, 0) is 61.6 Å². The van der Waals surface area contributed by atoms with Gasteiger partial charge in [0.1, 0.15) is 6.04 Å². The minimum Gasteiger partial charge on any atom is -0.352 e. The van der Waals surface area contributed by atoms with Crippen LogP contribution in [0.25, 0.3) is 0 Å². The van der Waals surface area contributed by atoms with E-state index in [1.54, 1.807) is 35.2 Å². The van der Waals surface area contributed by atoms with Gasteiger partial charge in [0.05, 0.1) is 22.0 Å². The van der Waals surface area contributed by atoms with Crippen LogP contribution in [-0.4, -0.2) is 50.0 Å². The van der Waals surface area contributed by atoms with Gasteiger partial charge < -0.3 is 10.2 Å². The van der Waals surface area contributed by atoms with Crippen molar-refractivity contribution >= 4 is 50.7 Å². The van der Waals surface area contributed by atoms with Gasteiger partial charge in [-0.25, -0.2) is 8.42 Å². The van der Waals surface area contributed by atoms with Crippen molar-refractivity contribution in [3.8, 4) is 0 Å². The van der Waals surface area contributed by atoms with E-state index in [-0.39, 0.29) is 43.8 Å². The summed E-state index contributed by atoms with van der Waals surface area (Å²) in [5.41, 5.74) is 3.24. The fraction of sp³-hybridized carbons (Fsp3) is 0.394. The van der Waals surface area contributed by atoms with Crippen molar-refractivity contribution in [2.24, 2.45) is 0 Å². The number of benzene rings is 3. The highest BCUT2D eigenvalue weighted by molar-refractivity contribution is 7.92. The zero-order chi connectivity index (χ0) is 31.0. The number of halogens is 2. The Labute approximate surface area is 265 Å². The van der Waals surface area contributed by atoms with Crippen LogP contribution in [0, 0.1) is 6.92 Å². The lowest BCUT2D eigenvalue weighted by Crippen LogP contribution is -2.52. The van der Waals surface area contributed by atoms with E-state index in [1.807, 2.05) is 49.4 Å². The third kappa shape index (κ3) is 9.46. The predicted molar refractivity (Wildman–Crippen MR) is 174 cm³/mol. The van der Waals surface area contributed by atoms with Crippen LogP contribution in [0.1, 0.15) is 55.2 Å². The Bertz CT molecular complexity index is 1490. The van der Waals surface area contributed by atoms with Crippen LogP contribution < -0.4 is 9.62 Å². The molecule has 43 heavy (non-hydrogen) atoms. The number of carbonyl (C=O) groups excluding carboxylic acids is 2. The van der Waals surface area contributed by atoms with Gasteiger partial charge in [-0.2, -0.15) is 0 Å². The predicted octanol–water partition coefficient (Wildman–Crippen LogP) is 6.55. The summed E-state index contributed by atoms with van der Waals surface area (Å²) in [5.74, 6) is -0.437.